The van der Waals surface area contributed by atoms with E-state index in [1.165, 1.54) is 17.0 Å². The highest BCUT2D eigenvalue weighted by atomic mass is 32.2. The van der Waals surface area contributed by atoms with Gasteiger partial charge in [-0.2, -0.15) is 0 Å². The molecule has 0 spiro atoms. The van der Waals surface area contributed by atoms with Gasteiger partial charge in [-0.1, -0.05) is 37.3 Å². The van der Waals surface area contributed by atoms with Gasteiger partial charge in [0.05, 0.1) is 0 Å². The van der Waals surface area contributed by atoms with Gasteiger partial charge < -0.3 is 14.6 Å². The van der Waals surface area contributed by atoms with Crippen LogP contribution in [0.15, 0.2) is 77.7 Å². The number of hydrogen-bond acceptors (Lipinski definition) is 3. The quantitative estimate of drug-likeness (QED) is 0.227. The van der Waals surface area contributed by atoms with Crippen LogP contribution in [-0.4, -0.2) is 22.6 Å². The average molecular weight is 527 g/mol. The summed E-state index contributed by atoms with van der Waals surface area (Å²) in [6.07, 6.45) is -4.51. The summed E-state index contributed by atoms with van der Waals surface area (Å²) >= 11 is 1.77. The lowest BCUT2D eigenvalue weighted by molar-refractivity contribution is -0.274. The summed E-state index contributed by atoms with van der Waals surface area (Å²) in [6, 6.07) is 21.8. The van der Waals surface area contributed by atoms with Crippen LogP contribution in [0.5, 0.6) is 5.75 Å². The summed E-state index contributed by atoms with van der Waals surface area (Å²) < 4.78 is 45.1. The predicted octanol–water partition coefficient (Wildman–Crippen LogP) is 7.75. The minimum absolute atomic E-state index is 0.0664. The maximum atomic E-state index is 12.9. The number of para-hydroxylation sites is 1. The number of nitrogens with zero attached hydrogens (tertiary/aromatic N) is 1. The van der Waals surface area contributed by atoms with Crippen LogP contribution in [0, 0.1) is 0 Å². The van der Waals surface area contributed by atoms with Crippen LogP contribution in [0.2, 0.25) is 0 Å². The van der Waals surface area contributed by atoms with Gasteiger partial charge in [0.2, 0.25) is 0 Å². The minimum atomic E-state index is -4.76. The molecule has 1 heterocycles. The van der Waals surface area contributed by atoms with Gasteiger partial charge in [-0.3, -0.25) is 4.79 Å². The Kier molecular flexibility index (Phi) is 8.17. The molecule has 194 valence electrons. The summed E-state index contributed by atoms with van der Waals surface area (Å²) in [5, 5.41) is 3.82. The van der Waals surface area contributed by atoms with Crippen LogP contribution in [0.4, 0.5) is 13.2 Å². The highest BCUT2D eigenvalue weighted by Crippen LogP contribution is 2.31. The lowest BCUT2D eigenvalue weighted by Gasteiger charge is -2.17. The fraction of sp³-hybridized carbons (Fsp3) is 0.276. The second-order valence-corrected chi connectivity index (χ2v) is 10.3. The first-order chi connectivity index (χ1) is 17.6. The van der Waals surface area contributed by atoms with Crippen LogP contribution in [0.1, 0.15) is 54.0 Å². The molecule has 37 heavy (non-hydrogen) atoms. The zero-order valence-corrected chi connectivity index (χ0v) is 21.7. The van der Waals surface area contributed by atoms with E-state index in [1.54, 1.807) is 30.0 Å². The molecule has 1 aromatic heterocycles. The number of hydrogen-bond donors (Lipinski definition) is 1. The van der Waals surface area contributed by atoms with Crippen molar-refractivity contribution in [3.05, 3.63) is 95.2 Å². The van der Waals surface area contributed by atoms with Gasteiger partial charge in [0, 0.05) is 51.6 Å². The molecule has 8 heteroatoms. The topological polar surface area (TPSA) is 43.3 Å². The fourth-order valence-corrected chi connectivity index (χ4v) is 5.07. The molecule has 4 nitrogen and oxygen atoms in total. The number of rotatable bonds is 9. The SMILES string of the molecule is CCSc1ccc(CNC(=O)c2ccc3c(c2)cc(Cc2ccccc2OC(F)(F)F)n3C(C)C)cc1. The number of nitrogens with one attached hydrogen (secondary N) is 1. The summed E-state index contributed by atoms with van der Waals surface area (Å²) in [6.45, 7) is 6.56. The van der Waals surface area contributed by atoms with Crippen LogP contribution in [-0.2, 0) is 13.0 Å². The molecule has 1 N–H and O–H groups in total. The van der Waals surface area contributed by atoms with E-state index in [-0.39, 0.29) is 24.1 Å². The third-order valence-corrected chi connectivity index (χ3v) is 6.85. The normalized spacial score (nSPS) is 11.8. The molecule has 4 rings (SSSR count). The van der Waals surface area contributed by atoms with Gasteiger partial charge in [-0.05, 0) is 67.6 Å². The van der Waals surface area contributed by atoms with Crippen molar-refractivity contribution >= 4 is 28.6 Å². The summed E-state index contributed by atoms with van der Waals surface area (Å²) in [5.74, 6) is 0.612. The maximum absolute atomic E-state index is 12.9. The molecule has 0 saturated heterocycles. The Bertz CT molecular complexity index is 1380. The third kappa shape index (κ3) is 6.68. The first-order valence-corrected chi connectivity index (χ1v) is 13.1. The average Bonchev–Trinajstić information content (AvgIpc) is 3.21. The number of benzene rings is 3. The Morgan fingerprint density at radius 3 is 2.43 bits per heavy atom. The Balaban J connectivity index is 1.56. The Hall–Kier alpha value is -3.39. The molecule has 0 unspecified atom stereocenters. The van der Waals surface area contributed by atoms with Gasteiger partial charge in [-0.25, -0.2) is 0 Å². The van der Waals surface area contributed by atoms with E-state index in [9.17, 15) is 18.0 Å². The van der Waals surface area contributed by atoms with Crippen LogP contribution in [0.3, 0.4) is 0 Å². The van der Waals surface area contributed by atoms with Crippen molar-refractivity contribution in [3.63, 3.8) is 0 Å². The van der Waals surface area contributed by atoms with Crippen molar-refractivity contribution in [2.75, 3.05) is 5.75 Å². The van der Waals surface area contributed by atoms with E-state index in [4.69, 9.17) is 0 Å². The van der Waals surface area contributed by atoms with Gasteiger partial charge in [0.15, 0.2) is 0 Å². The van der Waals surface area contributed by atoms with Gasteiger partial charge in [0.25, 0.3) is 5.91 Å². The van der Waals surface area contributed by atoms with Gasteiger partial charge in [0.1, 0.15) is 5.75 Å². The summed E-state index contributed by atoms with van der Waals surface area (Å²) in [5.41, 5.74) is 3.73. The molecule has 0 fully saturated rings. The van der Waals surface area contributed by atoms with E-state index in [2.05, 4.69) is 33.7 Å². The van der Waals surface area contributed by atoms with Crippen molar-refractivity contribution in [2.24, 2.45) is 0 Å². The molecule has 0 aliphatic rings. The van der Waals surface area contributed by atoms with E-state index < -0.39 is 6.36 Å². The molecule has 0 aliphatic heterocycles. The molecule has 0 saturated carbocycles. The third-order valence-electron chi connectivity index (χ3n) is 5.95. The number of halogens is 3. The highest BCUT2D eigenvalue weighted by molar-refractivity contribution is 7.99. The smallest absolute Gasteiger partial charge is 0.405 e. The number of carbonyl (C=O) groups excluding carboxylic acids is 1. The van der Waals surface area contributed by atoms with Crippen molar-refractivity contribution in [1.82, 2.24) is 9.88 Å². The summed E-state index contributed by atoms with van der Waals surface area (Å²) in [4.78, 5) is 14.1. The maximum Gasteiger partial charge on any atom is 0.573 e. The first kappa shape index (κ1) is 26.7. The molecular weight excluding hydrogens is 497 g/mol. The lowest BCUT2D eigenvalue weighted by Crippen LogP contribution is -2.22. The van der Waals surface area contributed by atoms with E-state index in [0.717, 1.165) is 27.9 Å². The standard InChI is InChI=1S/C29H29F3N2O2S/c1-4-37-25-12-9-20(10-13-25)18-33-28(35)22-11-14-26-23(15-22)17-24(34(26)19(2)3)16-21-7-5-6-8-27(21)36-29(30,31)32/h5-15,17,19H,4,16,18H2,1-3H3,(H,33,35). The molecule has 1 amide bonds. The molecule has 3 aromatic carbocycles. The van der Waals surface area contributed by atoms with E-state index in [1.807, 2.05) is 44.2 Å². The Morgan fingerprint density at radius 1 is 1.03 bits per heavy atom. The van der Waals surface area contributed by atoms with Crippen LogP contribution >= 0.6 is 11.8 Å². The van der Waals surface area contributed by atoms with Crippen molar-refractivity contribution in [1.29, 1.82) is 0 Å². The van der Waals surface area contributed by atoms with Crippen molar-refractivity contribution in [2.45, 2.75) is 51.0 Å². The molecule has 0 atom stereocenters. The Labute approximate surface area is 218 Å². The lowest BCUT2D eigenvalue weighted by atomic mass is 10.1. The number of alkyl halides is 3. The van der Waals surface area contributed by atoms with Crippen molar-refractivity contribution < 1.29 is 22.7 Å². The molecular formula is C29H29F3N2O2S. The second-order valence-electron chi connectivity index (χ2n) is 8.96. The number of thioether (sulfide) groups is 1. The largest absolute Gasteiger partial charge is 0.573 e. The second kappa shape index (κ2) is 11.3. The van der Waals surface area contributed by atoms with E-state index >= 15 is 0 Å². The minimum Gasteiger partial charge on any atom is -0.405 e. The monoisotopic (exact) mass is 526 g/mol. The number of ether oxygens (including phenoxy) is 1. The number of carbonyl (C=O) groups is 1. The molecule has 0 radical (unpaired) electrons. The zero-order valence-electron chi connectivity index (χ0n) is 20.9. The molecule has 4 aromatic rings. The fourth-order valence-electron chi connectivity index (χ4n) is 4.40. The van der Waals surface area contributed by atoms with E-state index in [0.29, 0.717) is 17.7 Å². The predicted molar refractivity (Wildman–Crippen MR) is 142 cm³/mol. The molecule has 0 bridgehead atoms. The Morgan fingerprint density at radius 2 is 1.76 bits per heavy atom. The van der Waals surface area contributed by atoms with Crippen LogP contribution in [0.25, 0.3) is 10.9 Å². The molecule has 0 aliphatic carbocycles. The summed E-state index contributed by atoms with van der Waals surface area (Å²) in [7, 11) is 0. The number of fused-ring (bicyclic) bond motifs is 1. The van der Waals surface area contributed by atoms with Gasteiger partial charge in [-0.15, -0.1) is 24.9 Å². The van der Waals surface area contributed by atoms with Gasteiger partial charge >= 0.3 is 6.36 Å². The van der Waals surface area contributed by atoms with Crippen molar-refractivity contribution in [3.8, 4) is 5.75 Å². The highest BCUT2D eigenvalue weighted by Gasteiger charge is 2.32. The first-order valence-electron chi connectivity index (χ1n) is 12.1. The number of amides is 1. The number of aromatic nitrogens is 1. The zero-order chi connectivity index (χ0) is 26.6. The van der Waals surface area contributed by atoms with Crippen LogP contribution < -0.4 is 10.1 Å².